The second-order valence-electron chi connectivity index (χ2n) is 4.29. The van der Waals surface area contributed by atoms with Crippen LogP contribution in [-0.2, 0) is 11.2 Å². The molecule has 3 nitrogen and oxygen atoms in total. The first kappa shape index (κ1) is 11.6. The van der Waals surface area contributed by atoms with Gasteiger partial charge in [-0.15, -0.1) is 0 Å². The molecule has 88 valence electrons. The van der Waals surface area contributed by atoms with Gasteiger partial charge in [0.15, 0.2) is 0 Å². The quantitative estimate of drug-likeness (QED) is 0.880. The zero-order valence-corrected chi connectivity index (χ0v) is 10.0. The van der Waals surface area contributed by atoms with E-state index in [-0.39, 0.29) is 6.42 Å². The average Bonchev–Trinajstić information content (AvgIpc) is 2.26. The zero-order valence-electron chi connectivity index (χ0n) is 10.0. The zero-order chi connectivity index (χ0) is 12.4. The summed E-state index contributed by atoms with van der Waals surface area (Å²) in [6, 6.07) is 7.99. The van der Waals surface area contributed by atoms with E-state index in [2.05, 4.69) is 11.9 Å². The van der Waals surface area contributed by atoms with Crippen molar-refractivity contribution in [2.24, 2.45) is 0 Å². The monoisotopic (exact) mass is 229 g/mol. The van der Waals surface area contributed by atoms with Crippen LogP contribution in [0.2, 0.25) is 0 Å². The average molecular weight is 229 g/mol. The van der Waals surface area contributed by atoms with Crippen molar-refractivity contribution in [3.63, 3.8) is 0 Å². The Bertz CT molecular complexity index is 576. The van der Waals surface area contributed by atoms with Crippen LogP contribution in [-0.4, -0.2) is 16.1 Å². The van der Waals surface area contributed by atoms with Gasteiger partial charge < -0.3 is 5.11 Å². The first-order valence-electron chi connectivity index (χ1n) is 5.65. The second kappa shape index (κ2) is 4.53. The van der Waals surface area contributed by atoms with Gasteiger partial charge in [0, 0.05) is 17.5 Å². The van der Waals surface area contributed by atoms with Gasteiger partial charge in [0.05, 0.1) is 5.52 Å². The molecule has 0 saturated carbocycles. The Hall–Kier alpha value is -1.90. The molecule has 0 amide bonds. The molecule has 1 aromatic carbocycles. The highest BCUT2D eigenvalue weighted by molar-refractivity contribution is 5.85. The van der Waals surface area contributed by atoms with Gasteiger partial charge in [-0.05, 0) is 37.5 Å². The van der Waals surface area contributed by atoms with Crippen molar-refractivity contribution in [1.29, 1.82) is 0 Å². The number of aryl methyl sites for hydroxylation is 3. The lowest BCUT2D eigenvalue weighted by molar-refractivity contribution is -0.136. The van der Waals surface area contributed by atoms with Gasteiger partial charge in [0.25, 0.3) is 0 Å². The molecular formula is C14H15NO2. The van der Waals surface area contributed by atoms with Crippen molar-refractivity contribution in [2.75, 3.05) is 0 Å². The van der Waals surface area contributed by atoms with Crippen molar-refractivity contribution in [3.8, 4) is 0 Å². The molecule has 1 heterocycles. The van der Waals surface area contributed by atoms with E-state index in [9.17, 15) is 4.79 Å². The molecule has 3 heteroatoms. The summed E-state index contributed by atoms with van der Waals surface area (Å²) in [7, 11) is 0. The highest BCUT2D eigenvalue weighted by Gasteiger charge is 2.07. The Labute approximate surface area is 100 Å². The molecule has 0 aliphatic carbocycles. The molecule has 0 atom stereocenters. The van der Waals surface area contributed by atoms with E-state index in [1.54, 1.807) is 0 Å². The van der Waals surface area contributed by atoms with E-state index < -0.39 is 5.97 Å². The lowest BCUT2D eigenvalue weighted by atomic mass is 10.0. The molecule has 2 rings (SSSR count). The van der Waals surface area contributed by atoms with Crippen molar-refractivity contribution in [2.45, 2.75) is 26.7 Å². The van der Waals surface area contributed by atoms with Gasteiger partial charge in [0.2, 0.25) is 0 Å². The smallest absolute Gasteiger partial charge is 0.303 e. The molecule has 1 N–H and O–H groups in total. The van der Waals surface area contributed by atoms with Crippen molar-refractivity contribution >= 4 is 16.9 Å². The number of fused-ring (bicyclic) bond motifs is 1. The molecule has 0 aliphatic heterocycles. The maximum atomic E-state index is 10.6. The summed E-state index contributed by atoms with van der Waals surface area (Å²) in [5.41, 5.74) is 4.10. The van der Waals surface area contributed by atoms with Crippen LogP contribution in [0.3, 0.4) is 0 Å². The Morgan fingerprint density at radius 2 is 2.12 bits per heavy atom. The standard InChI is InChI=1S/C14H15NO2/c1-9-8-10(2)15-14-11(6-7-13(16)17)4-3-5-12(9)14/h3-5,8H,6-7H2,1-2H3,(H,16,17). The maximum Gasteiger partial charge on any atom is 0.303 e. The lowest BCUT2D eigenvalue weighted by Crippen LogP contribution is -1.99. The Kier molecular flexibility index (Phi) is 3.09. The number of carboxylic acids is 1. The van der Waals surface area contributed by atoms with Crippen LogP contribution in [0.15, 0.2) is 24.3 Å². The van der Waals surface area contributed by atoms with Crippen LogP contribution >= 0.6 is 0 Å². The summed E-state index contributed by atoms with van der Waals surface area (Å²) >= 11 is 0. The van der Waals surface area contributed by atoms with Gasteiger partial charge in [-0.25, -0.2) is 0 Å². The number of hydrogen-bond acceptors (Lipinski definition) is 2. The van der Waals surface area contributed by atoms with E-state index in [0.29, 0.717) is 6.42 Å². The van der Waals surface area contributed by atoms with Crippen LogP contribution in [0, 0.1) is 13.8 Å². The molecule has 0 saturated heterocycles. The number of aromatic nitrogens is 1. The third kappa shape index (κ3) is 2.44. The number of para-hydroxylation sites is 1. The summed E-state index contributed by atoms with van der Waals surface area (Å²) in [6.45, 7) is 4.01. The third-order valence-corrected chi connectivity index (χ3v) is 2.87. The Morgan fingerprint density at radius 3 is 2.82 bits per heavy atom. The highest BCUT2D eigenvalue weighted by atomic mass is 16.4. The Balaban J connectivity index is 2.52. The van der Waals surface area contributed by atoms with Gasteiger partial charge in [-0.1, -0.05) is 18.2 Å². The van der Waals surface area contributed by atoms with E-state index in [1.165, 1.54) is 5.56 Å². The van der Waals surface area contributed by atoms with Crippen LogP contribution in [0.4, 0.5) is 0 Å². The minimum atomic E-state index is -0.772. The molecule has 0 fully saturated rings. The van der Waals surface area contributed by atoms with Crippen LogP contribution in [0.5, 0.6) is 0 Å². The molecule has 1 aromatic heterocycles. The van der Waals surface area contributed by atoms with Crippen LogP contribution < -0.4 is 0 Å². The predicted octanol–water partition coefficient (Wildman–Crippen LogP) is 2.87. The fourth-order valence-electron chi connectivity index (χ4n) is 2.08. The number of rotatable bonds is 3. The van der Waals surface area contributed by atoms with Crippen molar-refractivity contribution in [1.82, 2.24) is 4.98 Å². The van der Waals surface area contributed by atoms with E-state index in [1.807, 2.05) is 31.2 Å². The fourth-order valence-corrected chi connectivity index (χ4v) is 2.08. The summed E-state index contributed by atoms with van der Waals surface area (Å²) < 4.78 is 0. The second-order valence-corrected chi connectivity index (χ2v) is 4.29. The number of carboxylic acid groups (broad SMARTS) is 1. The van der Waals surface area contributed by atoms with Crippen LogP contribution in [0.25, 0.3) is 10.9 Å². The van der Waals surface area contributed by atoms with Crippen molar-refractivity contribution < 1.29 is 9.90 Å². The molecular weight excluding hydrogens is 214 g/mol. The first-order valence-corrected chi connectivity index (χ1v) is 5.65. The molecule has 0 bridgehead atoms. The van der Waals surface area contributed by atoms with Crippen LogP contribution in [0.1, 0.15) is 23.2 Å². The topological polar surface area (TPSA) is 50.2 Å². The predicted molar refractivity (Wildman–Crippen MR) is 67.2 cm³/mol. The first-order chi connectivity index (χ1) is 8.08. The number of carbonyl (C=O) groups is 1. The van der Waals surface area contributed by atoms with E-state index in [4.69, 9.17) is 5.11 Å². The number of pyridine rings is 1. The number of nitrogens with zero attached hydrogens (tertiary/aromatic N) is 1. The van der Waals surface area contributed by atoms with Crippen molar-refractivity contribution in [3.05, 3.63) is 41.1 Å². The number of aliphatic carboxylic acids is 1. The Morgan fingerprint density at radius 1 is 1.35 bits per heavy atom. The lowest BCUT2D eigenvalue weighted by Gasteiger charge is -2.08. The summed E-state index contributed by atoms with van der Waals surface area (Å²) in [5.74, 6) is -0.772. The van der Waals surface area contributed by atoms with Gasteiger partial charge >= 0.3 is 5.97 Å². The minimum Gasteiger partial charge on any atom is -0.481 e. The molecule has 2 aromatic rings. The SMILES string of the molecule is Cc1cc(C)c2cccc(CCC(=O)O)c2n1. The van der Waals surface area contributed by atoms with Gasteiger partial charge in [0.1, 0.15) is 0 Å². The molecule has 17 heavy (non-hydrogen) atoms. The maximum absolute atomic E-state index is 10.6. The van der Waals surface area contributed by atoms with E-state index >= 15 is 0 Å². The normalized spacial score (nSPS) is 10.7. The number of benzene rings is 1. The van der Waals surface area contributed by atoms with Gasteiger partial charge in [-0.3, -0.25) is 9.78 Å². The fraction of sp³-hybridized carbons (Fsp3) is 0.286. The molecule has 0 unspecified atom stereocenters. The summed E-state index contributed by atoms with van der Waals surface area (Å²) in [4.78, 5) is 15.1. The largest absolute Gasteiger partial charge is 0.481 e. The number of hydrogen-bond donors (Lipinski definition) is 1. The minimum absolute atomic E-state index is 0.147. The molecule has 0 aliphatic rings. The summed E-state index contributed by atoms with van der Waals surface area (Å²) in [6.07, 6.45) is 0.677. The molecule has 0 radical (unpaired) electrons. The molecule has 0 spiro atoms. The highest BCUT2D eigenvalue weighted by Crippen LogP contribution is 2.22. The van der Waals surface area contributed by atoms with Gasteiger partial charge in [-0.2, -0.15) is 0 Å². The third-order valence-electron chi connectivity index (χ3n) is 2.87. The summed E-state index contributed by atoms with van der Waals surface area (Å²) in [5, 5.41) is 9.85. The van der Waals surface area contributed by atoms with E-state index in [0.717, 1.165) is 22.2 Å².